The smallest absolute Gasteiger partial charge is 0.264 e. The number of nitrogens with one attached hydrogen (secondary N) is 1. The maximum Gasteiger partial charge on any atom is 0.264 e. The van der Waals surface area contributed by atoms with E-state index in [9.17, 15) is 17.6 Å². The standard InChI is InChI=1S/C27H30FN3O4S/c1-2-35-24-12-10-23(11-13-24)31(36(33,34)25-14-8-22(28)9-15-25)20-27(32)29-17-5-18-30-19-16-21-6-3-4-7-26(21)30/h3-4,6-15H,2,5,16-20H2,1H3,(H,29,32). The van der Waals surface area contributed by atoms with Crippen molar-refractivity contribution in [2.75, 3.05) is 42.0 Å². The third-order valence-electron chi connectivity index (χ3n) is 6.03. The Morgan fingerprint density at radius 2 is 1.78 bits per heavy atom. The number of halogens is 1. The Morgan fingerprint density at radius 3 is 2.50 bits per heavy atom. The Hall–Kier alpha value is -3.59. The van der Waals surface area contributed by atoms with E-state index in [1.807, 2.05) is 19.1 Å². The van der Waals surface area contributed by atoms with Crippen LogP contribution in [0.4, 0.5) is 15.8 Å². The maximum absolute atomic E-state index is 13.4. The average Bonchev–Trinajstić information content (AvgIpc) is 3.29. The first-order valence-corrected chi connectivity index (χ1v) is 13.4. The first-order valence-electron chi connectivity index (χ1n) is 12.0. The van der Waals surface area contributed by atoms with Gasteiger partial charge in [0.2, 0.25) is 5.91 Å². The second-order valence-corrected chi connectivity index (χ2v) is 10.3. The van der Waals surface area contributed by atoms with Crippen LogP contribution in [0.25, 0.3) is 0 Å². The summed E-state index contributed by atoms with van der Waals surface area (Å²) in [5, 5.41) is 2.84. The number of para-hydroxylation sites is 1. The van der Waals surface area contributed by atoms with E-state index in [1.165, 1.54) is 23.4 Å². The topological polar surface area (TPSA) is 79.0 Å². The van der Waals surface area contributed by atoms with Crippen molar-refractivity contribution in [1.82, 2.24) is 5.32 Å². The molecule has 0 saturated carbocycles. The summed E-state index contributed by atoms with van der Waals surface area (Å²) < 4.78 is 46.7. The highest BCUT2D eigenvalue weighted by Crippen LogP contribution is 2.28. The first-order chi connectivity index (χ1) is 17.4. The van der Waals surface area contributed by atoms with Crippen LogP contribution in [0, 0.1) is 5.82 Å². The van der Waals surface area contributed by atoms with Gasteiger partial charge >= 0.3 is 0 Å². The van der Waals surface area contributed by atoms with Crippen molar-refractivity contribution in [2.24, 2.45) is 0 Å². The number of benzene rings is 3. The number of sulfonamides is 1. The quantitative estimate of drug-likeness (QED) is 0.394. The van der Waals surface area contributed by atoms with Gasteiger partial charge in [0, 0.05) is 25.3 Å². The molecule has 1 aliphatic rings. The number of amides is 1. The zero-order valence-corrected chi connectivity index (χ0v) is 21.0. The Kier molecular flexibility index (Phi) is 8.10. The minimum absolute atomic E-state index is 0.0988. The molecular weight excluding hydrogens is 481 g/mol. The van der Waals surface area contributed by atoms with E-state index in [-0.39, 0.29) is 4.90 Å². The maximum atomic E-state index is 13.4. The molecule has 0 bridgehead atoms. The molecule has 1 aliphatic heterocycles. The van der Waals surface area contributed by atoms with Crippen molar-refractivity contribution in [3.05, 3.63) is 84.2 Å². The fourth-order valence-electron chi connectivity index (χ4n) is 4.25. The van der Waals surface area contributed by atoms with E-state index < -0.39 is 28.3 Å². The molecule has 0 spiro atoms. The van der Waals surface area contributed by atoms with Crippen molar-refractivity contribution in [2.45, 2.75) is 24.7 Å². The normalized spacial score (nSPS) is 12.8. The number of hydrogen-bond donors (Lipinski definition) is 1. The van der Waals surface area contributed by atoms with Crippen LogP contribution in [0.2, 0.25) is 0 Å². The molecule has 0 fully saturated rings. The number of carbonyl (C=O) groups is 1. The van der Waals surface area contributed by atoms with Gasteiger partial charge in [-0.05, 0) is 79.9 Å². The van der Waals surface area contributed by atoms with Gasteiger partial charge in [0.25, 0.3) is 10.0 Å². The van der Waals surface area contributed by atoms with Crippen LogP contribution in [0.5, 0.6) is 5.75 Å². The van der Waals surface area contributed by atoms with Crippen LogP contribution in [0.15, 0.2) is 77.7 Å². The summed E-state index contributed by atoms with van der Waals surface area (Å²) in [6.45, 7) is 4.10. The Labute approximate surface area is 211 Å². The molecule has 0 unspecified atom stereocenters. The van der Waals surface area contributed by atoms with Gasteiger partial charge in [0.15, 0.2) is 0 Å². The zero-order valence-electron chi connectivity index (χ0n) is 20.2. The number of hydrogen-bond acceptors (Lipinski definition) is 5. The van der Waals surface area contributed by atoms with Gasteiger partial charge in [-0.2, -0.15) is 0 Å². The van der Waals surface area contributed by atoms with Gasteiger partial charge < -0.3 is 15.0 Å². The highest BCUT2D eigenvalue weighted by molar-refractivity contribution is 7.92. The summed E-state index contributed by atoms with van der Waals surface area (Å²) >= 11 is 0. The SMILES string of the molecule is CCOc1ccc(N(CC(=O)NCCCN2CCc3ccccc32)S(=O)(=O)c2ccc(F)cc2)cc1. The lowest BCUT2D eigenvalue weighted by atomic mass is 10.2. The molecule has 0 aromatic heterocycles. The molecule has 3 aromatic rings. The molecule has 36 heavy (non-hydrogen) atoms. The molecule has 1 amide bonds. The highest BCUT2D eigenvalue weighted by Gasteiger charge is 2.27. The summed E-state index contributed by atoms with van der Waals surface area (Å²) in [6, 6.07) is 19.3. The van der Waals surface area contributed by atoms with E-state index in [1.54, 1.807) is 24.3 Å². The molecule has 4 rings (SSSR count). The predicted molar refractivity (Wildman–Crippen MR) is 139 cm³/mol. The molecule has 1 N–H and O–H groups in total. The van der Waals surface area contributed by atoms with Crippen LogP contribution >= 0.6 is 0 Å². The average molecular weight is 512 g/mol. The van der Waals surface area contributed by atoms with E-state index in [0.29, 0.717) is 24.6 Å². The number of ether oxygens (including phenoxy) is 1. The van der Waals surface area contributed by atoms with Crippen LogP contribution in [0.3, 0.4) is 0 Å². The minimum atomic E-state index is -4.11. The second-order valence-electron chi connectivity index (χ2n) is 8.46. The van der Waals surface area contributed by atoms with Gasteiger partial charge in [0.05, 0.1) is 17.2 Å². The van der Waals surface area contributed by atoms with E-state index in [4.69, 9.17) is 4.74 Å². The molecule has 0 radical (unpaired) electrons. The lowest BCUT2D eigenvalue weighted by molar-refractivity contribution is -0.119. The zero-order chi connectivity index (χ0) is 25.5. The van der Waals surface area contributed by atoms with Gasteiger partial charge in [-0.1, -0.05) is 18.2 Å². The van der Waals surface area contributed by atoms with Crippen molar-refractivity contribution >= 4 is 27.3 Å². The fourth-order valence-corrected chi connectivity index (χ4v) is 5.67. The third-order valence-corrected chi connectivity index (χ3v) is 7.82. The Bertz CT molecular complexity index is 1280. The van der Waals surface area contributed by atoms with E-state index in [0.717, 1.165) is 42.4 Å². The Balaban J connectivity index is 1.42. The summed E-state index contributed by atoms with van der Waals surface area (Å²) in [5.41, 5.74) is 2.88. The molecule has 7 nitrogen and oxygen atoms in total. The fraction of sp³-hybridized carbons (Fsp3) is 0.296. The van der Waals surface area contributed by atoms with Crippen molar-refractivity contribution in [3.8, 4) is 5.75 Å². The summed E-state index contributed by atoms with van der Waals surface area (Å²) in [4.78, 5) is 15.0. The summed E-state index contributed by atoms with van der Waals surface area (Å²) in [7, 11) is -4.11. The number of carbonyl (C=O) groups excluding carboxylic acids is 1. The molecule has 190 valence electrons. The molecular formula is C27H30FN3O4S. The van der Waals surface area contributed by atoms with Gasteiger partial charge in [-0.15, -0.1) is 0 Å². The first kappa shape index (κ1) is 25.5. The lowest BCUT2D eigenvalue weighted by Crippen LogP contribution is -2.41. The molecule has 0 saturated heterocycles. The van der Waals surface area contributed by atoms with Crippen molar-refractivity contribution in [3.63, 3.8) is 0 Å². The van der Waals surface area contributed by atoms with Crippen molar-refractivity contribution < 1.29 is 22.3 Å². The molecule has 9 heteroatoms. The largest absolute Gasteiger partial charge is 0.494 e. The van der Waals surface area contributed by atoms with Crippen LogP contribution < -0.4 is 19.3 Å². The van der Waals surface area contributed by atoms with Crippen LogP contribution in [-0.2, 0) is 21.2 Å². The van der Waals surface area contributed by atoms with E-state index in [2.05, 4.69) is 22.3 Å². The van der Waals surface area contributed by atoms with Gasteiger partial charge in [0.1, 0.15) is 18.1 Å². The van der Waals surface area contributed by atoms with Crippen LogP contribution in [-0.4, -0.2) is 47.1 Å². The second kappa shape index (κ2) is 11.4. The predicted octanol–water partition coefficient (Wildman–Crippen LogP) is 3.99. The van der Waals surface area contributed by atoms with Crippen molar-refractivity contribution in [1.29, 1.82) is 0 Å². The van der Waals surface area contributed by atoms with E-state index >= 15 is 0 Å². The third kappa shape index (κ3) is 5.96. The minimum Gasteiger partial charge on any atom is -0.494 e. The van der Waals surface area contributed by atoms with Gasteiger partial charge in [-0.25, -0.2) is 12.8 Å². The molecule has 1 heterocycles. The number of nitrogens with zero attached hydrogens (tertiary/aromatic N) is 2. The number of anilines is 2. The highest BCUT2D eigenvalue weighted by atomic mass is 32.2. The summed E-state index contributed by atoms with van der Waals surface area (Å²) in [5.74, 6) is -0.371. The lowest BCUT2D eigenvalue weighted by Gasteiger charge is -2.24. The molecule has 0 atom stereocenters. The van der Waals surface area contributed by atoms with Crippen LogP contribution in [0.1, 0.15) is 18.9 Å². The summed E-state index contributed by atoms with van der Waals surface area (Å²) in [6.07, 6.45) is 1.74. The molecule has 0 aliphatic carbocycles. The monoisotopic (exact) mass is 511 g/mol. The van der Waals surface area contributed by atoms with Gasteiger partial charge in [-0.3, -0.25) is 9.10 Å². The number of fused-ring (bicyclic) bond motifs is 1. The molecule has 3 aromatic carbocycles. The number of rotatable bonds is 11. The Morgan fingerprint density at radius 1 is 1.06 bits per heavy atom.